The topological polar surface area (TPSA) is 54.0 Å². The van der Waals surface area contributed by atoms with Crippen LogP contribution < -0.4 is 0 Å². The smallest absolute Gasteiger partial charge is 0.233 e. The minimum Gasteiger partial charge on any atom is -0.233 e. The summed E-state index contributed by atoms with van der Waals surface area (Å²) in [6, 6.07) is 2.71. The van der Waals surface area contributed by atoms with Gasteiger partial charge in [-0.25, -0.2) is 9.50 Å². The maximum Gasteiger partial charge on any atom is 0.433 e. The molecule has 0 saturated heterocycles. The first kappa shape index (κ1) is 11.4. The quantitative estimate of drug-likeness (QED) is 0.709. The molecule has 2 heterocycles. The van der Waals surface area contributed by atoms with Crippen LogP contribution in [0.25, 0.3) is 5.65 Å². The van der Waals surface area contributed by atoms with Crippen LogP contribution in [0, 0.1) is 25.2 Å². The molecule has 0 aliphatic carbocycles. The lowest BCUT2D eigenvalue weighted by Crippen LogP contribution is -2.13. The van der Waals surface area contributed by atoms with Crippen LogP contribution in [0.1, 0.15) is 22.6 Å². The Kier molecular flexibility index (Phi) is 2.31. The lowest BCUT2D eigenvalue weighted by Gasteiger charge is -2.09. The molecule has 7 heteroatoms. The first-order chi connectivity index (χ1) is 7.84. The van der Waals surface area contributed by atoms with Crippen LogP contribution in [-0.4, -0.2) is 14.6 Å². The molecular formula is C10H7F3N4. The minimum atomic E-state index is -4.53. The molecule has 17 heavy (non-hydrogen) atoms. The first-order valence-electron chi connectivity index (χ1n) is 4.69. The maximum atomic E-state index is 12.8. The van der Waals surface area contributed by atoms with Crippen molar-refractivity contribution in [2.75, 3.05) is 0 Å². The van der Waals surface area contributed by atoms with Crippen molar-refractivity contribution < 1.29 is 13.2 Å². The van der Waals surface area contributed by atoms with Gasteiger partial charge in [-0.15, -0.1) is 0 Å². The predicted octanol–water partition coefficient (Wildman–Crippen LogP) is 2.24. The summed E-state index contributed by atoms with van der Waals surface area (Å²) in [5, 5.41) is 12.6. The van der Waals surface area contributed by atoms with Gasteiger partial charge in [-0.1, -0.05) is 0 Å². The number of hydrogen-bond acceptors (Lipinski definition) is 3. The zero-order valence-electron chi connectivity index (χ0n) is 9.00. The van der Waals surface area contributed by atoms with Crippen molar-refractivity contribution in [2.45, 2.75) is 20.0 Å². The van der Waals surface area contributed by atoms with E-state index >= 15 is 0 Å². The van der Waals surface area contributed by atoms with Crippen LogP contribution in [0.5, 0.6) is 0 Å². The third kappa shape index (κ3) is 1.71. The third-order valence-corrected chi connectivity index (χ3v) is 2.29. The van der Waals surface area contributed by atoms with Gasteiger partial charge in [0.25, 0.3) is 0 Å². The van der Waals surface area contributed by atoms with Gasteiger partial charge in [0.2, 0.25) is 0 Å². The van der Waals surface area contributed by atoms with E-state index in [-0.39, 0.29) is 22.6 Å². The van der Waals surface area contributed by atoms with Crippen LogP contribution in [0.15, 0.2) is 6.07 Å². The van der Waals surface area contributed by atoms with E-state index in [4.69, 9.17) is 5.26 Å². The highest BCUT2D eigenvalue weighted by molar-refractivity contribution is 5.58. The fraction of sp³-hybridized carbons (Fsp3) is 0.300. The lowest BCUT2D eigenvalue weighted by molar-refractivity contribution is -0.142. The molecule has 0 amide bonds. The van der Waals surface area contributed by atoms with Gasteiger partial charge in [-0.2, -0.15) is 23.5 Å². The number of fused-ring (bicyclic) bond motifs is 1. The van der Waals surface area contributed by atoms with Gasteiger partial charge in [0.05, 0.1) is 5.69 Å². The summed E-state index contributed by atoms with van der Waals surface area (Å²) in [6.45, 7) is 2.92. The van der Waals surface area contributed by atoms with E-state index in [1.54, 1.807) is 0 Å². The Hall–Kier alpha value is -2.10. The van der Waals surface area contributed by atoms with E-state index in [0.29, 0.717) is 4.52 Å². The molecule has 4 nitrogen and oxygen atoms in total. The third-order valence-electron chi connectivity index (χ3n) is 2.29. The molecule has 88 valence electrons. The van der Waals surface area contributed by atoms with E-state index < -0.39 is 11.9 Å². The molecule has 0 aliphatic heterocycles. The van der Waals surface area contributed by atoms with Gasteiger partial charge in [0.15, 0.2) is 5.65 Å². The summed E-state index contributed by atoms with van der Waals surface area (Å²) in [6.07, 6.45) is -4.53. The normalized spacial score (nSPS) is 11.8. The summed E-state index contributed by atoms with van der Waals surface area (Å²) < 4.78 is 39.0. The summed E-state index contributed by atoms with van der Waals surface area (Å²) in [7, 11) is 0. The first-order valence-corrected chi connectivity index (χ1v) is 4.69. The van der Waals surface area contributed by atoms with Gasteiger partial charge in [0, 0.05) is 5.69 Å². The highest BCUT2D eigenvalue weighted by Crippen LogP contribution is 2.30. The van der Waals surface area contributed by atoms with Crippen LogP contribution in [-0.2, 0) is 6.18 Å². The summed E-state index contributed by atoms with van der Waals surface area (Å²) in [5.41, 5.74) is -0.488. The number of aryl methyl sites for hydroxylation is 2. The minimum absolute atomic E-state index is 0.0580. The number of alkyl halides is 3. The Morgan fingerprint density at radius 1 is 1.35 bits per heavy atom. The molecule has 0 saturated carbocycles. The number of nitriles is 1. The second-order valence-electron chi connectivity index (χ2n) is 3.59. The highest BCUT2D eigenvalue weighted by Gasteiger charge is 2.35. The molecule has 0 atom stereocenters. The van der Waals surface area contributed by atoms with Gasteiger partial charge in [0.1, 0.15) is 17.3 Å². The Morgan fingerprint density at radius 3 is 2.53 bits per heavy atom. The summed E-state index contributed by atoms with van der Waals surface area (Å²) in [5.74, 6) is 0. The van der Waals surface area contributed by atoms with Crippen molar-refractivity contribution >= 4 is 5.65 Å². The molecule has 2 aromatic rings. The second kappa shape index (κ2) is 3.45. The predicted molar refractivity (Wildman–Crippen MR) is 52.2 cm³/mol. The standard InChI is InChI=1S/C10H7F3N4/c1-5-3-8(10(11,12)13)17-9(15-5)7(4-14)6(2)16-17/h3H,1-2H3. The zero-order chi connectivity index (χ0) is 12.8. The second-order valence-corrected chi connectivity index (χ2v) is 3.59. The van der Waals surface area contributed by atoms with E-state index in [9.17, 15) is 13.2 Å². The monoisotopic (exact) mass is 240 g/mol. The molecule has 2 aromatic heterocycles. The average molecular weight is 240 g/mol. The highest BCUT2D eigenvalue weighted by atomic mass is 19.4. The van der Waals surface area contributed by atoms with Crippen molar-refractivity contribution in [1.29, 1.82) is 5.26 Å². The average Bonchev–Trinajstić information content (AvgIpc) is 2.50. The largest absolute Gasteiger partial charge is 0.433 e. The molecule has 0 bridgehead atoms. The van der Waals surface area contributed by atoms with Crippen LogP contribution in [0.2, 0.25) is 0 Å². The Morgan fingerprint density at radius 2 is 2.00 bits per heavy atom. The van der Waals surface area contributed by atoms with Crippen LogP contribution in [0.4, 0.5) is 13.2 Å². The number of nitrogens with zero attached hydrogens (tertiary/aromatic N) is 4. The Balaban J connectivity index is 2.93. The van der Waals surface area contributed by atoms with Gasteiger partial charge >= 0.3 is 6.18 Å². The van der Waals surface area contributed by atoms with E-state index in [1.165, 1.54) is 13.8 Å². The Labute approximate surface area is 94.3 Å². The van der Waals surface area contributed by atoms with Crippen LogP contribution in [0.3, 0.4) is 0 Å². The fourth-order valence-corrected chi connectivity index (χ4v) is 1.58. The molecule has 0 spiro atoms. The van der Waals surface area contributed by atoms with Crippen molar-refractivity contribution in [3.63, 3.8) is 0 Å². The zero-order valence-corrected chi connectivity index (χ0v) is 9.00. The maximum absolute atomic E-state index is 12.8. The number of halogens is 3. The molecule has 0 aromatic carbocycles. The van der Waals surface area contributed by atoms with E-state index in [2.05, 4.69) is 10.1 Å². The molecule has 0 N–H and O–H groups in total. The Bertz CT molecular complexity index is 634. The molecule has 0 fully saturated rings. The lowest BCUT2D eigenvalue weighted by atomic mass is 10.2. The number of rotatable bonds is 0. The van der Waals surface area contributed by atoms with Crippen molar-refractivity contribution in [3.05, 3.63) is 28.7 Å². The van der Waals surface area contributed by atoms with Crippen molar-refractivity contribution in [2.24, 2.45) is 0 Å². The summed E-state index contributed by atoms with van der Waals surface area (Å²) >= 11 is 0. The SMILES string of the molecule is Cc1cc(C(F)(F)F)n2nc(C)c(C#N)c2n1. The van der Waals surface area contributed by atoms with E-state index in [1.807, 2.05) is 6.07 Å². The number of hydrogen-bond donors (Lipinski definition) is 0. The van der Waals surface area contributed by atoms with Gasteiger partial charge in [-0.3, -0.25) is 0 Å². The molecule has 0 radical (unpaired) electrons. The van der Waals surface area contributed by atoms with Gasteiger partial charge < -0.3 is 0 Å². The van der Waals surface area contributed by atoms with Crippen molar-refractivity contribution in [3.8, 4) is 6.07 Å². The van der Waals surface area contributed by atoms with Gasteiger partial charge in [-0.05, 0) is 19.9 Å². The number of aromatic nitrogens is 3. The van der Waals surface area contributed by atoms with E-state index in [0.717, 1.165) is 6.07 Å². The van der Waals surface area contributed by atoms with Crippen LogP contribution >= 0.6 is 0 Å². The summed E-state index contributed by atoms with van der Waals surface area (Å²) in [4.78, 5) is 3.92. The molecule has 0 aliphatic rings. The fourth-order valence-electron chi connectivity index (χ4n) is 1.58. The molecule has 0 unspecified atom stereocenters. The van der Waals surface area contributed by atoms with Crippen molar-refractivity contribution in [1.82, 2.24) is 14.6 Å². The molecule has 2 rings (SSSR count). The molecular weight excluding hydrogens is 233 g/mol.